The van der Waals surface area contributed by atoms with Crippen molar-refractivity contribution in [1.82, 2.24) is 10.4 Å². The Hall–Kier alpha value is -2.94. The molecule has 144 valence electrons. The fraction of sp³-hybridized carbons (Fsp3) is 0.333. The number of rotatable bonds is 4. The smallest absolute Gasteiger partial charge is 0.387 e. The molecule has 1 aliphatic carbocycles. The number of hydrogen-bond acceptors (Lipinski definition) is 5. The maximum Gasteiger partial charge on any atom is 0.387 e. The first-order chi connectivity index (χ1) is 13.0. The van der Waals surface area contributed by atoms with Crippen molar-refractivity contribution in [2.75, 3.05) is 13.2 Å². The minimum Gasteiger partial charge on any atom is -0.491 e. The molecule has 0 saturated heterocycles. The predicted molar refractivity (Wildman–Crippen MR) is 89.0 cm³/mol. The lowest BCUT2D eigenvalue weighted by atomic mass is 9.98. The number of carbonyl (C=O) groups is 2. The summed E-state index contributed by atoms with van der Waals surface area (Å²) in [6.45, 7) is -2.01. The lowest BCUT2D eigenvalue weighted by molar-refractivity contribution is -0.134. The number of nitrogens with zero attached hydrogens (tertiary/aromatic N) is 1. The van der Waals surface area contributed by atoms with Gasteiger partial charge in [0.25, 0.3) is 5.91 Å². The van der Waals surface area contributed by atoms with Gasteiger partial charge in [-0.15, -0.1) is 0 Å². The van der Waals surface area contributed by atoms with Crippen molar-refractivity contribution >= 4 is 11.8 Å². The van der Waals surface area contributed by atoms with E-state index in [0.717, 1.165) is 5.56 Å². The van der Waals surface area contributed by atoms with Crippen LogP contribution in [0.15, 0.2) is 42.2 Å². The van der Waals surface area contributed by atoms with Gasteiger partial charge in [-0.05, 0) is 30.7 Å². The van der Waals surface area contributed by atoms with Gasteiger partial charge in [-0.1, -0.05) is 12.1 Å². The standard InChI is InChI=1S/C18H18F2N2O5/c19-18(20)27-14-5-3-11(4-6-14)17(24)22-7-8-26-15-9-12(16(23)21-25)1-2-13(15)10-22/h1-3,5-6,9,11,18,25H,4,7-8,10H2,(H,21,23). The van der Waals surface area contributed by atoms with Gasteiger partial charge in [0, 0.05) is 17.7 Å². The number of hydrogen-bond donors (Lipinski definition) is 2. The number of amides is 2. The van der Waals surface area contributed by atoms with Crippen LogP contribution in [0.1, 0.15) is 22.3 Å². The lowest BCUT2D eigenvalue weighted by Gasteiger charge is -2.25. The predicted octanol–water partition coefficient (Wildman–Crippen LogP) is 2.23. The number of ether oxygens (including phenoxy) is 2. The third kappa shape index (κ3) is 4.43. The Morgan fingerprint density at radius 3 is 2.85 bits per heavy atom. The second-order valence-corrected chi connectivity index (χ2v) is 6.06. The molecule has 27 heavy (non-hydrogen) atoms. The lowest BCUT2D eigenvalue weighted by Crippen LogP contribution is -2.36. The van der Waals surface area contributed by atoms with Crippen molar-refractivity contribution in [3.63, 3.8) is 0 Å². The first-order valence-corrected chi connectivity index (χ1v) is 8.30. The maximum absolute atomic E-state index is 12.8. The normalized spacial score (nSPS) is 18.9. The Morgan fingerprint density at radius 2 is 2.19 bits per heavy atom. The van der Waals surface area contributed by atoms with E-state index in [0.29, 0.717) is 18.8 Å². The Kier molecular flexibility index (Phi) is 5.70. The topological polar surface area (TPSA) is 88.1 Å². The van der Waals surface area contributed by atoms with E-state index in [1.54, 1.807) is 22.5 Å². The van der Waals surface area contributed by atoms with Gasteiger partial charge in [0.2, 0.25) is 5.91 Å². The van der Waals surface area contributed by atoms with Gasteiger partial charge >= 0.3 is 6.61 Å². The molecule has 0 bridgehead atoms. The van der Waals surface area contributed by atoms with Gasteiger partial charge in [-0.25, -0.2) is 5.48 Å². The van der Waals surface area contributed by atoms with Crippen molar-refractivity contribution in [2.45, 2.75) is 19.6 Å². The van der Waals surface area contributed by atoms with Gasteiger partial charge in [0.05, 0.1) is 12.5 Å². The molecule has 1 atom stereocenters. The number of fused-ring (bicyclic) bond motifs is 1. The van der Waals surface area contributed by atoms with Crippen LogP contribution in [0.4, 0.5) is 8.78 Å². The van der Waals surface area contributed by atoms with Crippen LogP contribution in [0.2, 0.25) is 0 Å². The molecule has 7 nitrogen and oxygen atoms in total. The molecule has 1 unspecified atom stereocenters. The Balaban J connectivity index is 1.68. The highest BCUT2D eigenvalue weighted by Crippen LogP contribution is 2.27. The van der Waals surface area contributed by atoms with Crippen molar-refractivity contribution in [3.8, 4) is 5.75 Å². The summed E-state index contributed by atoms with van der Waals surface area (Å²) in [6.07, 6.45) is 4.68. The van der Waals surface area contributed by atoms with Crippen LogP contribution in [0.5, 0.6) is 5.75 Å². The number of alkyl halides is 2. The van der Waals surface area contributed by atoms with Crippen molar-refractivity contribution < 1.29 is 33.1 Å². The van der Waals surface area contributed by atoms with Crippen LogP contribution in [-0.2, 0) is 16.1 Å². The average molecular weight is 380 g/mol. The highest BCUT2D eigenvalue weighted by Gasteiger charge is 2.27. The van der Waals surface area contributed by atoms with E-state index in [2.05, 4.69) is 4.74 Å². The van der Waals surface area contributed by atoms with E-state index >= 15 is 0 Å². The summed E-state index contributed by atoms with van der Waals surface area (Å²) in [5.41, 5.74) is 2.53. The summed E-state index contributed by atoms with van der Waals surface area (Å²) in [7, 11) is 0. The first kappa shape index (κ1) is 18.8. The van der Waals surface area contributed by atoms with Crippen LogP contribution >= 0.6 is 0 Å². The Labute approximate surface area is 153 Å². The Bertz CT molecular complexity index is 794. The molecule has 0 fully saturated rings. The van der Waals surface area contributed by atoms with E-state index in [1.807, 2.05) is 0 Å². The van der Waals surface area contributed by atoms with E-state index in [9.17, 15) is 18.4 Å². The van der Waals surface area contributed by atoms with Crippen molar-refractivity contribution in [2.24, 2.45) is 5.92 Å². The van der Waals surface area contributed by atoms with Gasteiger partial charge in [0.15, 0.2) is 0 Å². The van der Waals surface area contributed by atoms with E-state index in [4.69, 9.17) is 9.94 Å². The minimum absolute atomic E-state index is 0.0493. The number of carbonyl (C=O) groups excluding carboxylic acids is 2. The molecule has 0 spiro atoms. The molecule has 0 saturated carbocycles. The minimum atomic E-state index is -2.90. The van der Waals surface area contributed by atoms with Crippen LogP contribution < -0.4 is 10.2 Å². The molecule has 2 aliphatic rings. The van der Waals surface area contributed by atoms with E-state index < -0.39 is 18.4 Å². The van der Waals surface area contributed by atoms with Crippen LogP contribution in [0.3, 0.4) is 0 Å². The highest BCUT2D eigenvalue weighted by atomic mass is 19.3. The van der Waals surface area contributed by atoms with Gasteiger partial charge < -0.3 is 14.4 Å². The number of nitrogens with one attached hydrogen (secondary N) is 1. The summed E-state index contributed by atoms with van der Waals surface area (Å²) < 4.78 is 34.4. The number of hydroxylamine groups is 1. The number of benzene rings is 1. The molecule has 1 heterocycles. The quantitative estimate of drug-likeness (QED) is 0.618. The van der Waals surface area contributed by atoms with Gasteiger partial charge in [-0.3, -0.25) is 14.8 Å². The average Bonchev–Trinajstić information content (AvgIpc) is 2.88. The number of halogens is 2. The summed E-state index contributed by atoms with van der Waals surface area (Å²) in [6, 6.07) is 4.70. The molecule has 2 N–H and O–H groups in total. The molecular weight excluding hydrogens is 362 g/mol. The van der Waals surface area contributed by atoms with E-state index in [1.165, 1.54) is 24.3 Å². The second-order valence-electron chi connectivity index (χ2n) is 6.06. The molecule has 2 amide bonds. The fourth-order valence-corrected chi connectivity index (χ4v) is 2.97. The largest absolute Gasteiger partial charge is 0.491 e. The molecule has 3 rings (SSSR count). The van der Waals surface area contributed by atoms with Crippen LogP contribution in [0.25, 0.3) is 0 Å². The molecule has 9 heteroatoms. The summed E-state index contributed by atoms with van der Waals surface area (Å²) in [5.74, 6) is -0.742. The van der Waals surface area contributed by atoms with Crippen LogP contribution in [0, 0.1) is 5.92 Å². The molecule has 0 radical (unpaired) electrons. The zero-order valence-electron chi connectivity index (χ0n) is 14.2. The summed E-state index contributed by atoms with van der Waals surface area (Å²) in [4.78, 5) is 25.9. The Morgan fingerprint density at radius 1 is 1.37 bits per heavy atom. The molecule has 1 aliphatic heterocycles. The first-order valence-electron chi connectivity index (χ1n) is 8.30. The zero-order chi connectivity index (χ0) is 19.4. The third-order valence-corrected chi connectivity index (χ3v) is 4.33. The molecule has 1 aromatic rings. The summed E-state index contributed by atoms with van der Waals surface area (Å²) in [5, 5.41) is 8.72. The molecular formula is C18H18F2N2O5. The second kappa shape index (κ2) is 8.17. The maximum atomic E-state index is 12.8. The highest BCUT2D eigenvalue weighted by molar-refractivity contribution is 5.93. The van der Waals surface area contributed by atoms with Crippen molar-refractivity contribution in [3.05, 3.63) is 53.3 Å². The molecule has 1 aromatic carbocycles. The number of allylic oxidation sites excluding steroid dienone is 2. The zero-order valence-corrected chi connectivity index (χ0v) is 14.2. The van der Waals surface area contributed by atoms with E-state index in [-0.39, 0.29) is 30.3 Å². The van der Waals surface area contributed by atoms with Crippen LogP contribution in [-0.4, -0.2) is 41.7 Å². The SMILES string of the molecule is O=C(NO)c1ccc2c(c1)OCCN(C(=O)C1C=CC(OC(F)F)=CC1)C2. The summed E-state index contributed by atoms with van der Waals surface area (Å²) >= 11 is 0. The van der Waals surface area contributed by atoms with Gasteiger partial charge in [-0.2, -0.15) is 8.78 Å². The monoisotopic (exact) mass is 380 g/mol. The molecule has 0 aromatic heterocycles. The fourth-order valence-electron chi connectivity index (χ4n) is 2.97. The third-order valence-electron chi connectivity index (χ3n) is 4.33. The van der Waals surface area contributed by atoms with Gasteiger partial charge in [0.1, 0.15) is 18.1 Å². The van der Waals surface area contributed by atoms with Crippen molar-refractivity contribution in [1.29, 1.82) is 0 Å².